The second kappa shape index (κ2) is 9.27. The van der Waals surface area contributed by atoms with Crippen LogP contribution in [0.2, 0.25) is 0 Å². The minimum atomic E-state index is -0.403. The Morgan fingerprint density at radius 3 is 2.53 bits per heavy atom. The number of hydrogen-bond acceptors (Lipinski definition) is 4. The number of rotatable bonds is 5. The molecule has 2 fully saturated rings. The summed E-state index contributed by atoms with van der Waals surface area (Å²) in [5, 5.41) is 14.0. The summed E-state index contributed by atoms with van der Waals surface area (Å²) in [7, 11) is 0. The summed E-state index contributed by atoms with van der Waals surface area (Å²) in [4.78, 5) is 20.5. The molecule has 0 radical (unpaired) electrons. The van der Waals surface area contributed by atoms with E-state index in [0.29, 0.717) is 12.2 Å². The van der Waals surface area contributed by atoms with Crippen LogP contribution in [0.25, 0.3) is 11.3 Å². The van der Waals surface area contributed by atoms with Gasteiger partial charge < -0.3 is 19.9 Å². The largest absolute Gasteiger partial charge is 0.391 e. The monoisotopic (exact) mass is 430 g/mol. The molecule has 0 spiro atoms. The molecule has 166 valence electrons. The molecule has 1 saturated heterocycles. The van der Waals surface area contributed by atoms with Crippen molar-refractivity contribution < 1.29 is 9.90 Å². The molecule has 2 aromatic carbocycles. The fourth-order valence-electron chi connectivity index (χ4n) is 5.13. The highest BCUT2D eigenvalue weighted by Crippen LogP contribution is 2.36. The summed E-state index contributed by atoms with van der Waals surface area (Å²) in [6.07, 6.45) is 4.83. The molecule has 0 bridgehead atoms. The lowest BCUT2D eigenvalue weighted by atomic mass is 10.0. The summed E-state index contributed by atoms with van der Waals surface area (Å²) in [5.41, 5.74) is 3.48. The SMILES string of the molecule is O=C(c1ncn([C@@H]2CCC[C@H]2O)c1-c1ccccc1)N1CCNC[C@H]1Cc1ccccc1. The van der Waals surface area contributed by atoms with E-state index in [4.69, 9.17) is 0 Å². The lowest BCUT2D eigenvalue weighted by Gasteiger charge is -2.36. The number of imidazole rings is 1. The number of amides is 1. The molecule has 1 aromatic heterocycles. The third-order valence-electron chi connectivity index (χ3n) is 6.77. The first kappa shape index (κ1) is 20.9. The van der Waals surface area contributed by atoms with Gasteiger partial charge in [0.2, 0.25) is 0 Å². The van der Waals surface area contributed by atoms with Gasteiger partial charge >= 0.3 is 0 Å². The molecule has 6 nitrogen and oxygen atoms in total. The van der Waals surface area contributed by atoms with E-state index in [0.717, 1.165) is 50.0 Å². The van der Waals surface area contributed by atoms with Crippen LogP contribution >= 0.6 is 0 Å². The second-order valence-corrected chi connectivity index (χ2v) is 8.83. The number of piperazine rings is 1. The van der Waals surface area contributed by atoms with Gasteiger partial charge in [-0.1, -0.05) is 60.7 Å². The van der Waals surface area contributed by atoms with Crippen LogP contribution in [0.15, 0.2) is 67.0 Å². The van der Waals surface area contributed by atoms with Gasteiger partial charge in [0.1, 0.15) is 0 Å². The van der Waals surface area contributed by atoms with Crippen LogP contribution in [0.4, 0.5) is 0 Å². The van der Waals surface area contributed by atoms with Gasteiger partial charge in [-0.15, -0.1) is 0 Å². The van der Waals surface area contributed by atoms with Crippen LogP contribution in [0.1, 0.15) is 41.4 Å². The van der Waals surface area contributed by atoms with Gasteiger partial charge in [-0.3, -0.25) is 4.79 Å². The van der Waals surface area contributed by atoms with Gasteiger partial charge in [-0.2, -0.15) is 0 Å². The fourth-order valence-corrected chi connectivity index (χ4v) is 5.13. The van der Waals surface area contributed by atoms with Gasteiger partial charge in [-0.05, 0) is 31.2 Å². The summed E-state index contributed by atoms with van der Waals surface area (Å²) in [6, 6.07) is 20.3. The van der Waals surface area contributed by atoms with Crippen molar-refractivity contribution in [2.75, 3.05) is 19.6 Å². The Morgan fingerprint density at radius 2 is 1.81 bits per heavy atom. The first-order valence-electron chi connectivity index (χ1n) is 11.6. The number of aromatic nitrogens is 2. The molecule has 6 heteroatoms. The van der Waals surface area contributed by atoms with E-state index in [1.807, 2.05) is 58.0 Å². The molecule has 1 amide bonds. The molecule has 5 rings (SSSR count). The quantitative estimate of drug-likeness (QED) is 0.652. The number of benzene rings is 2. The van der Waals surface area contributed by atoms with Gasteiger partial charge in [0.05, 0.1) is 24.2 Å². The van der Waals surface area contributed by atoms with Crippen molar-refractivity contribution in [3.63, 3.8) is 0 Å². The van der Waals surface area contributed by atoms with Crippen LogP contribution < -0.4 is 5.32 Å². The van der Waals surface area contributed by atoms with E-state index >= 15 is 0 Å². The van der Waals surface area contributed by atoms with Crippen molar-refractivity contribution in [1.82, 2.24) is 19.8 Å². The first-order chi connectivity index (χ1) is 15.7. The Morgan fingerprint density at radius 1 is 1.06 bits per heavy atom. The highest BCUT2D eigenvalue weighted by atomic mass is 16.3. The van der Waals surface area contributed by atoms with Crippen molar-refractivity contribution >= 4 is 5.91 Å². The highest BCUT2D eigenvalue weighted by molar-refractivity contribution is 5.98. The van der Waals surface area contributed by atoms with Crippen LogP contribution in [0, 0.1) is 0 Å². The lowest BCUT2D eigenvalue weighted by Crippen LogP contribution is -2.54. The fraction of sp³-hybridized carbons (Fsp3) is 0.385. The smallest absolute Gasteiger partial charge is 0.275 e. The molecule has 1 aliphatic heterocycles. The molecule has 3 atom stereocenters. The predicted molar refractivity (Wildman–Crippen MR) is 124 cm³/mol. The lowest BCUT2D eigenvalue weighted by molar-refractivity contribution is 0.0631. The molecule has 0 unspecified atom stereocenters. The van der Waals surface area contributed by atoms with Gasteiger partial charge in [0.15, 0.2) is 5.69 Å². The maximum Gasteiger partial charge on any atom is 0.275 e. The average Bonchev–Trinajstić information content (AvgIpc) is 3.46. The predicted octanol–water partition coefficient (Wildman–Crippen LogP) is 3.29. The Labute approximate surface area is 188 Å². The highest BCUT2D eigenvalue weighted by Gasteiger charge is 2.34. The first-order valence-corrected chi connectivity index (χ1v) is 11.6. The molecule has 3 aromatic rings. The minimum Gasteiger partial charge on any atom is -0.391 e. The zero-order valence-electron chi connectivity index (χ0n) is 18.2. The number of carbonyl (C=O) groups is 1. The van der Waals surface area contributed by atoms with Crippen molar-refractivity contribution in [1.29, 1.82) is 0 Å². The zero-order valence-corrected chi connectivity index (χ0v) is 18.2. The zero-order chi connectivity index (χ0) is 21.9. The van der Waals surface area contributed by atoms with Gasteiger partial charge in [0, 0.05) is 31.2 Å². The minimum absolute atomic E-state index is 0.0301. The third-order valence-corrected chi connectivity index (χ3v) is 6.77. The van der Waals surface area contributed by atoms with Crippen molar-refractivity contribution in [2.45, 2.75) is 43.9 Å². The van der Waals surface area contributed by atoms with Crippen molar-refractivity contribution in [3.05, 3.63) is 78.2 Å². The number of aliphatic hydroxyl groups excluding tert-OH is 1. The van der Waals surface area contributed by atoms with Crippen LogP contribution in [-0.2, 0) is 6.42 Å². The Balaban J connectivity index is 1.50. The number of nitrogens with one attached hydrogen (secondary N) is 1. The van der Waals surface area contributed by atoms with E-state index in [-0.39, 0.29) is 18.0 Å². The van der Waals surface area contributed by atoms with Crippen molar-refractivity contribution in [2.24, 2.45) is 0 Å². The molecular weight excluding hydrogens is 400 g/mol. The van der Waals surface area contributed by atoms with E-state index in [1.165, 1.54) is 5.56 Å². The maximum absolute atomic E-state index is 13.9. The number of carbonyl (C=O) groups excluding carboxylic acids is 1. The molecule has 2 aliphatic rings. The van der Waals surface area contributed by atoms with E-state index in [1.54, 1.807) is 6.33 Å². The molecule has 2 N–H and O–H groups in total. The average molecular weight is 431 g/mol. The number of aliphatic hydroxyl groups is 1. The summed E-state index contributed by atoms with van der Waals surface area (Å²) in [5.74, 6) is -0.0301. The van der Waals surface area contributed by atoms with Gasteiger partial charge in [-0.25, -0.2) is 4.98 Å². The van der Waals surface area contributed by atoms with E-state index < -0.39 is 6.10 Å². The Kier molecular flexibility index (Phi) is 6.06. The number of hydrogen-bond donors (Lipinski definition) is 2. The van der Waals surface area contributed by atoms with Crippen molar-refractivity contribution in [3.8, 4) is 11.3 Å². The second-order valence-electron chi connectivity index (χ2n) is 8.83. The molecule has 2 heterocycles. The summed E-state index contributed by atoms with van der Waals surface area (Å²) in [6.45, 7) is 2.20. The summed E-state index contributed by atoms with van der Waals surface area (Å²) < 4.78 is 2.04. The van der Waals surface area contributed by atoms with Crippen LogP contribution in [0.5, 0.6) is 0 Å². The standard InChI is InChI=1S/C26H30N4O2/c31-23-13-7-12-22(23)30-18-28-24(25(30)20-10-5-2-6-11-20)26(32)29-15-14-27-17-21(29)16-19-8-3-1-4-9-19/h1-6,8-11,18,21-23,27,31H,7,12-17H2/t21-,22-,23-/m1/s1. The maximum atomic E-state index is 13.9. The van der Waals surface area contributed by atoms with Crippen LogP contribution in [-0.4, -0.2) is 57.2 Å². The Bertz CT molecular complexity index is 1050. The number of nitrogens with zero attached hydrogens (tertiary/aromatic N) is 3. The molecule has 1 saturated carbocycles. The topological polar surface area (TPSA) is 70.4 Å². The molecule has 32 heavy (non-hydrogen) atoms. The normalized spacial score (nSPS) is 23.4. The van der Waals surface area contributed by atoms with E-state index in [2.05, 4.69) is 22.4 Å². The molecular formula is C26H30N4O2. The van der Waals surface area contributed by atoms with Gasteiger partial charge in [0.25, 0.3) is 5.91 Å². The Hall–Kier alpha value is -2.96. The molecule has 1 aliphatic carbocycles. The van der Waals surface area contributed by atoms with Crippen LogP contribution in [0.3, 0.4) is 0 Å². The summed E-state index contributed by atoms with van der Waals surface area (Å²) >= 11 is 0. The van der Waals surface area contributed by atoms with E-state index in [9.17, 15) is 9.90 Å². The third kappa shape index (κ3) is 4.08.